The third kappa shape index (κ3) is 7.46. The summed E-state index contributed by atoms with van der Waals surface area (Å²) in [6.45, 7) is 5.05. The van der Waals surface area contributed by atoms with Crippen molar-refractivity contribution in [1.82, 2.24) is 0 Å². The first-order chi connectivity index (χ1) is 13.2. The van der Waals surface area contributed by atoms with Gasteiger partial charge in [0.2, 0.25) is 0 Å². The Hall–Kier alpha value is -2.29. The molecule has 3 heteroatoms. The molecule has 0 aliphatic carbocycles. The summed E-state index contributed by atoms with van der Waals surface area (Å²) in [4.78, 5) is 0. The summed E-state index contributed by atoms with van der Waals surface area (Å²) < 4.78 is 5.84. The van der Waals surface area contributed by atoms with Crippen LogP contribution in [0.1, 0.15) is 75.0 Å². The largest absolute Gasteiger partial charge is 0.494 e. The summed E-state index contributed by atoms with van der Waals surface area (Å²) in [5.41, 5.74) is 3.53. The summed E-state index contributed by atoms with van der Waals surface area (Å²) >= 11 is 0. The first-order valence-electron chi connectivity index (χ1n) is 10.3. The van der Waals surface area contributed by atoms with Crippen molar-refractivity contribution in [2.75, 3.05) is 6.61 Å². The molecule has 2 rings (SSSR count). The Balaban J connectivity index is 1.74. The van der Waals surface area contributed by atoms with Crippen LogP contribution in [0.5, 0.6) is 5.75 Å². The second-order valence-corrected chi connectivity index (χ2v) is 7.16. The smallest absolute Gasteiger partial charge is 0.119 e. The molecular formula is C24H33NO2. The van der Waals surface area contributed by atoms with Crippen LogP contribution in [0, 0.1) is 6.92 Å². The first-order valence-corrected chi connectivity index (χ1v) is 10.3. The Morgan fingerprint density at radius 1 is 0.778 bits per heavy atom. The molecule has 0 bridgehead atoms. The minimum atomic E-state index is 0.574. The van der Waals surface area contributed by atoms with E-state index in [4.69, 9.17) is 4.74 Å². The summed E-state index contributed by atoms with van der Waals surface area (Å²) in [7, 11) is 0. The van der Waals surface area contributed by atoms with E-state index in [-0.39, 0.29) is 0 Å². The molecule has 0 aliphatic heterocycles. The van der Waals surface area contributed by atoms with Crippen molar-refractivity contribution >= 4 is 5.71 Å². The van der Waals surface area contributed by atoms with E-state index in [1.54, 1.807) is 0 Å². The monoisotopic (exact) mass is 367 g/mol. The lowest BCUT2D eigenvalue weighted by molar-refractivity contribution is 0.304. The maximum atomic E-state index is 9.42. The van der Waals surface area contributed by atoms with E-state index in [1.807, 2.05) is 55.5 Å². The minimum Gasteiger partial charge on any atom is -0.494 e. The number of aryl methyl sites for hydroxylation is 1. The van der Waals surface area contributed by atoms with Gasteiger partial charge in [0, 0.05) is 11.1 Å². The van der Waals surface area contributed by atoms with Gasteiger partial charge in [0.05, 0.1) is 6.61 Å². The quantitative estimate of drug-likeness (QED) is 0.195. The molecule has 0 atom stereocenters. The standard InChI is InChI=1S/C24H33NO2/c1-3-4-5-6-7-8-9-10-19-27-23-17-15-22(16-18-23)24(25-26)21-13-11-20(2)12-14-21/h11-18,26H,3-10,19H2,1-2H3. The van der Waals surface area contributed by atoms with Gasteiger partial charge in [0.25, 0.3) is 0 Å². The van der Waals surface area contributed by atoms with E-state index in [0.29, 0.717) is 5.71 Å². The van der Waals surface area contributed by atoms with Crippen LogP contribution >= 0.6 is 0 Å². The van der Waals surface area contributed by atoms with Crippen molar-refractivity contribution in [3.63, 3.8) is 0 Å². The normalized spacial score (nSPS) is 11.6. The Morgan fingerprint density at radius 2 is 1.30 bits per heavy atom. The first kappa shape index (κ1) is 21.0. The van der Waals surface area contributed by atoms with Gasteiger partial charge < -0.3 is 9.94 Å². The summed E-state index contributed by atoms with van der Waals surface area (Å²) in [5, 5.41) is 12.9. The zero-order valence-electron chi connectivity index (χ0n) is 16.8. The number of hydrogen-bond donors (Lipinski definition) is 1. The third-order valence-electron chi connectivity index (χ3n) is 4.82. The Bertz CT molecular complexity index is 675. The van der Waals surface area contributed by atoms with Gasteiger partial charge in [-0.3, -0.25) is 0 Å². The number of benzene rings is 2. The van der Waals surface area contributed by atoms with Crippen LogP contribution < -0.4 is 4.74 Å². The molecule has 27 heavy (non-hydrogen) atoms. The highest BCUT2D eigenvalue weighted by molar-refractivity contribution is 6.12. The molecule has 146 valence electrons. The maximum Gasteiger partial charge on any atom is 0.119 e. The highest BCUT2D eigenvalue weighted by Crippen LogP contribution is 2.17. The van der Waals surface area contributed by atoms with Gasteiger partial charge in [0.15, 0.2) is 0 Å². The highest BCUT2D eigenvalue weighted by Gasteiger charge is 2.08. The summed E-state index contributed by atoms with van der Waals surface area (Å²) in [5.74, 6) is 0.864. The molecule has 0 radical (unpaired) electrons. The molecular weight excluding hydrogens is 334 g/mol. The van der Waals surface area contributed by atoms with E-state index in [0.717, 1.165) is 29.9 Å². The van der Waals surface area contributed by atoms with Crippen molar-refractivity contribution in [1.29, 1.82) is 0 Å². The second-order valence-electron chi connectivity index (χ2n) is 7.16. The third-order valence-corrected chi connectivity index (χ3v) is 4.82. The van der Waals surface area contributed by atoms with Crippen LogP contribution in [-0.4, -0.2) is 17.5 Å². The van der Waals surface area contributed by atoms with E-state index in [1.165, 1.54) is 50.5 Å². The van der Waals surface area contributed by atoms with Crippen LogP contribution in [0.2, 0.25) is 0 Å². The van der Waals surface area contributed by atoms with Gasteiger partial charge in [-0.15, -0.1) is 0 Å². The van der Waals surface area contributed by atoms with Gasteiger partial charge in [0.1, 0.15) is 11.5 Å². The fourth-order valence-corrected chi connectivity index (χ4v) is 3.13. The lowest BCUT2D eigenvalue weighted by atomic mass is 10.0. The Morgan fingerprint density at radius 3 is 1.85 bits per heavy atom. The van der Waals surface area contributed by atoms with Crippen LogP contribution in [0.3, 0.4) is 0 Å². The summed E-state index contributed by atoms with van der Waals surface area (Å²) in [6.07, 6.45) is 10.4. The fourth-order valence-electron chi connectivity index (χ4n) is 3.13. The van der Waals surface area contributed by atoms with E-state index in [9.17, 15) is 5.21 Å². The predicted molar refractivity (Wildman–Crippen MR) is 113 cm³/mol. The van der Waals surface area contributed by atoms with Gasteiger partial charge in [-0.25, -0.2) is 0 Å². The molecule has 0 unspecified atom stereocenters. The Labute approximate surface area is 164 Å². The Kier molecular flexibility index (Phi) is 9.47. The average Bonchev–Trinajstić information content (AvgIpc) is 2.70. The summed E-state index contributed by atoms with van der Waals surface area (Å²) in [6, 6.07) is 15.7. The lowest BCUT2D eigenvalue weighted by Crippen LogP contribution is -2.04. The molecule has 3 nitrogen and oxygen atoms in total. The van der Waals surface area contributed by atoms with Crippen molar-refractivity contribution in [3.05, 3.63) is 65.2 Å². The maximum absolute atomic E-state index is 9.42. The number of unbranched alkanes of at least 4 members (excludes halogenated alkanes) is 7. The zero-order chi connectivity index (χ0) is 19.3. The van der Waals surface area contributed by atoms with Gasteiger partial charge >= 0.3 is 0 Å². The molecule has 0 saturated heterocycles. The number of nitrogens with zero attached hydrogens (tertiary/aromatic N) is 1. The number of hydrogen-bond acceptors (Lipinski definition) is 3. The van der Waals surface area contributed by atoms with Gasteiger partial charge in [-0.1, -0.05) is 86.9 Å². The second kappa shape index (κ2) is 12.2. The van der Waals surface area contributed by atoms with Crippen LogP contribution in [0.15, 0.2) is 53.7 Å². The number of ether oxygens (including phenoxy) is 1. The molecule has 0 fully saturated rings. The molecule has 0 aliphatic rings. The SMILES string of the molecule is CCCCCCCCCCOc1ccc(C(=NO)c2ccc(C)cc2)cc1. The molecule has 2 aromatic rings. The van der Waals surface area contributed by atoms with Crippen molar-refractivity contribution < 1.29 is 9.94 Å². The molecule has 0 spiro atoms. The molecule has 1 N–H and O–H groups in total. The topological polar surface area (TPSA) is 41.8 Å². The van der Waals surface area contributed by atoms with Crippen LogP contribution in [0.4, 0.5) is 0 Å². The van der Waals surface area contributed by atoms with Crippen molar-refractivity contribution in [3.8, 4) is 5.75 Å². The van der Waals surface area contributed by atoms with Gasteiger partial charge in [-0.2, -0.15) is 0 Å². The van der Waals surface area contributed by atoms with E-state index >= 15 is 0 Å². The number of oxime groups is 1. The minimum absolute atomic E-state index is 0.574. The highest BCUT2D eigenvalue weighted by atomic mass is 16.5. The van der Waals surface area contributed by atoms with E-state index in [2.05, 4.69) is 12.1 Å². The fraction of sp³-hybridized carbons (Fsp3) is 0.458. The molecule has 0 amide bonds. The molecule has 0 aromatic heterocycles. The van der Waals surface area contributed by atoms with Crippen LogP contribution in [0.25, 0.3) is 0 Å². The average molecular weight is 368 g/mol. The molecule has 2 aromatic carbocycles. The lowest BCUT2D eigenvalue weighted by Gasteiger charge is -2.09. The van der Waals surface area contributed by atoms with Crippen LogP contribution in [-0.2, 0) is 0 Å². The predicted octanol–water partition coefficient (Wildman–Crippen LogP) is 6.74. The molecule has 0 saturated carbocycles. The van der Waals surface area contributed by atoms with Gasteiger partial charge in [-0.05, 0) is 37.6 Å². The van der Waals surface area contributed by atoms with Crippen molar-refractivity contribution in [2.45, 2.75) is 65.2 Å². The van der Waals surface area contributed by atoms with Crippen molar-refractivity contribution in [2.24, 2.45) is 5.16 Å². The zero-order valence-corrected chi connectivity index (χ0v) is 16.8. The number of rotatable bonds is 12. The van der Waals surface area contributed by atoms with E-state index < -0.39 is 0 Å². The molecule has 0 heterocycles.